The number of amides is 1. The number of rotatable bonds is 3. The Morgan fingerprint density at radius 3 is 3.00 bits per heavy atom. The third-order valence-electron chi connectivity index (χ3n) is 2.72. The van der Waals surface area contributed by atoms with Gasteiger partial charge in [-0.05, 0) is 5.56 Å². The highest BCUT2D eigenvalue weighted by atomic mass is 16.5. The lowest BCUT2D eigenvalue weighted by Crippen LogP contribution is -2.38. The van der Waals surface area contributed by atoms with Crippen molar-refractivity contribution in [2.75, 3.05) is 6.61 Å². The predicted molar refractivity (Wildman–Crippen MR) is 65.8 cm³/mol. The van der Waals surface area contributed by atoms with Crippen molar-refractivity contribution in [3.05, 3.63) is 29.8 Å². The van der Waals surface area contributed by atoms with E-state index in [0.717, 1.165) is 11.0 Å². The summed E-state index contributed by atoms with van der Waals surface area (Å²) >= 11 is 0. The zero-order valence-corrected chi connectivity index (χ0v) is 9.73. The van der Waals surface area contributed by atoms with Gasteiger partial charge in [0.15, 0.2) is 0 Å². The molecule has 1 unspecified atom stereocenters. The van der Waals surface area contributed by atoms with Crippen molar-refractivity contribution in [2.24, 2.45) is 0 Å². The standard InChI is InChI=1S/C12H14BNO3/c13-9-3-1-2-8(6-9)7-11(15)14-10-4-5-17-12(10)16/h1-3,6,10H,4-5,7,13H2,(H,14,15). The minimum absolute atomic E-state index is 0.139. The quantitative estimate of drug-likeness (QED) is 0.531. The monoisotopic (exact) mass is 231 g/mol. The van der Waals surface area contributed by atoms with Gasteiger partial charge in [0.25, 0.3) is 0 Å². The largest absolute Gasteiger partial charge is 0.464 e. The summed E-state index contributed by atoms with van der Waals surface area (Å²) in [5.74, 6) is -0.470. The first-order valence-corrected chi connectivity index (χ1v) is 5.67. The number of nitrogens with one attached hydrogen (secondary N) is 1. The van der Waals surface area contributed by atoms with Crippen LogP contribution >= 0.6 is 0 Å². The Kier molecular flexibility index (Phi) is 3.47. The highest BCUT2D eigenvalue weighted by molar-refractivity contribution is 6.32. The number of carbonyl (C=O) groups excluding carboxylic acids is 2. The Labute approximate surface area is 101 Å². The highest BCUT2D eigenvalue weighted by Gasteiger charge is 2.27. The van der Waals surface area contributed by atoms with E-state index in [1.807, 2.05) is 32.1 Å². The molecule has 1 heterocycles. The molecule has 0 saturated carbocycles. The summed E-state index contributed by atoms with van der Waals surface area (Å²) in [6, 6.07) is 7.30. The molecule has 1 N–H and O–H groups in total. The van der Waals surface area contributed by atoms with E-state index in [4.69, 9.17) is 4.74 Å². The van der Waals surface area contributed by atoms with E-state index < -0.39 is 6.04 Å². The summed E-state index contributed by atoms with van der Waals surface area (Å²) in [6.07, 6.45) is 0.865. The van der Waals surface area contributed by atoms with Gasteiger partial charge in [-0.3, -0.25) is 4.79 Å². The van der Waals surface area contributed by atoms with Crippen molar-refractivity contribution in [3.8, 4) is 0 Å². The summed E-state index contributed by atoms with van der Waals surface area (Å²) in [6.45, 7) is 0.397. The highest BCUT2D eigenvalue weighted by Crippen LogP contribution is 2.06. The van der Waals surface area contributed by atoms with Crippen molar-refractivity contribution in [2.45, 2.75) is 18.9 Å². The molecule has 4 nitrogen and oxygen atoms in total. The van der Waals surface area contributed by atoms with E-state index >= 15 is 0 Å². The molecule has 1 amide bonds. The Morgan fingerprint density at radius 2 is 2.35 bits per heavy atom. The molecule has 5 heteroatoms. The van der Waals surface area contributed by atoms with Crippen molar-refractivity contribution < 1.29 is 14.3 Å². The van der Waals surface area contributed by atoms with Gasteiger partial charge in [-0.1, -0.05) is 29.7 Å². The van der Waals surface area contributed by atoms with Gasteiger partial charge in [0.2, 0.25) is 5.91 Å². The predicted octanol–water partition coefficient (Wildman–Crippen LogP) is -1.08. The first kappa shape index (κ1) is 11.7. The molecule has 1 atom stereocenters. The second-order valence-electron chi connectivity index (χ2n) is 4.24. The van der Waals surface area contributed by atoms with Crippen molar-refractivity contribution in [1.82, 2.24) is 5.32 Å². The lowest BCUT2D eigenvalue weighted by Gasteiger charge is -2.09. The topological polar surface area (TPSA) is 55.4 Å². The number of hydrogen-bond acceptors (Lipinski definition) is 3. The van der Waals surface area contributed by atoms with Gasteiger partial charge in [0.1, 0.15) is 13.9 Å². The number of cyclic esters (lactones) is 1. The fraction of sp³-hybridized carbons (Fsp3) is 0.333. The molecule has 0 radical (unpaired) electrons. The first-order chi connectivity index (χ1) is 8.15. The molecule has 0 spiro atoms. The van der Waals surface area contributed by atoms with Crippen LogP contribution in [0.1, 0.15) is 12.0 Å². The van der Waals surface area contributed by atoms with Crippen LogP contribution in [0, 0.1) is 0 Å². The summed E-state index contributed by atoms with van der Waals surface area (Å²) in [5, 5.41) is 2.68. The SMILES string of the molecule is Bc1cccc(CC(=O)NC2CCOC2=O)c1. The van der Waals surface area contributed by atoms with E-state index in [0.29, 0.717) is 19.4 Å². The van der Waals surface area contributed by atoms with Crippen molar-refractivity contribution >= 4 is 25.2 Å². The van der Waals surface area contributed by atoms with E-state index in [1.165, 1.54) is 0 Å². The number of hydrogen-bond donors (Lipinski definition) is 1. The maximum Gasteiger partial charge on any atom is 0.328 e. The molecule has 1 aliphatic heterocycles. The number of esters is 1. The van der Waals surface area contributed by atoms with Crippen LogP contribution in [-0.4, -0.2) is 32.4 Å². The average molecular weight is 231 g/mol. The molecular formula is C12H14BNO3. The fourth-order valence-corrected chi connectivity index (χ4v) is 1.88. The van der Waals surface area contributed by atoms with Gasteiger partial charge >= 0.3 is 5.97 Å². The molecular weight excluding hydrogens is 217 g/mol. The summed E-state index contributed by atoms with van der Waals surface area (Å²) in [4.78, 5) is 22.9. The van der Waals surface area contributed by atoms with Gasteiger partial charge in [-0.25, -0.2) is 4.79 Å². The fourth-order valence-electron chi connectivity index (χ4n) is 1.88. The van der Waals surface area contributed by atoms with Crippen molar-refractivity contribution in [1.29, 1.82) is 0 Å². The Hall–Kier alpha value is -1.78. The van der Waals surface area contributed by atoms with Crippen molar-refractivity contribution in [3.63, 3.8) is 0 Å². The molecule has 1 aromatic carbocycles. The van der Waals surface area contributed by atoms with Gasteiger partial charge < -0.3 is 10.1 Å². The van der Waals surface area contributed by atoms with Gasteiger partial charge in [-0.15, -0.1) is 0 Å². The lowest BCUT2D eigenvalue weighted by atomic mass is 9.93. The average Bonchev–Trinajstić information content (AvgIpc) is 2.64. The second kappa shape index (κ2) is 5.04. The van der Waals surface area contributed by atoms with E-state index in [1.54, 1.807) is 0 Å². The molecule has 88 valence electrons. The summed E-state index contributed by atoms with van der Waals surface area (Å²) in [7, 11) is 1.98. The smallest absolute Gasteiger partial charge is 0.328 e. The van der Waals surface area contributed by atoms with Crippen LogP contribution in [0.4, 0.5) is 0 Å². The van der Waals surface area contributed by atoms with Gasteiger partial charge in [0.05, 0.1) is 13.0 Å². The Balaban J connectivity index is 1.91. The van der Waals surface area contributed by atoms with Gasteiger partial charge in [-0.2, -0.15) is 0 Å². The third kappa shape index (κ3) is 3.09. The van der Waals surface area contributed by atoms with Gasteiger partial charge in [0, 0.05) is 6.42 Å². The molecule has 1 fully saturated rings. The molecule has 17 heavy (non-hydrogen) atoms. The van der Waals surface area contributed by atoms with E-state index in [9.17, 15) is 9.59 Å². The Morgan fingerprint density at radius 1 is 1.53 bits per heavy atom. The van der Waals surface area contributed by atoms with Crippen LogP contribution in [0.3, 0.4) is 0 Å². The van der Waals surface area contributed by atoms with E-state index in [-0.39, 0.29) is 11.9 Å². The molecule has 1 aliphatic rings. The molecule has 0 aromatic heterocycles. The molecule has 0 aliphatic carbocycles. The van der Waals surface area contributed by atoms with Crippen LogP contribution < -0.4 is 10.8 Å². The minimum Gasteiger partial charge on any atom is -0.464 e. The summed E-state index contributed by atoms with van der Waals surface area (Å²) in [5.41, 5.74) is 2.07. The second-order valence-corrected chi connectivity index (χ2v) is 4.24. The first-order valence-electron chi connectivity index (χ1n) is 5.67. The van der Waals surface area contributed by atoms with Crippen LogP contribution in [-0.2, 0) is 20.7 Å². The molecule has 1 saturated heterocycles. The molecule has 1 aromatic rings. The van der Waals surface area contributed by atoms with Crippen LogP contribution in [0.15, 0.2) is 24.3 Å². The summed E-state index contributed by atoms with van der Waals surface area (Å²) < 4.78 is 4.78. The lowest BCUT2D eigenvalue weighted by molar-refractivity contribution is -0.141. The normalized spacial score (nSPS) is 18.8. The van der Waals surface area contributed by atoms with Crippen LogP contribution in [0.2, 0.25) is 0 Å². The molecule has 2 rings (SSSR count). The van der Waals surface area contributed by atoms with Crippen LogP contribution in [0.25, 0.3) is 0 Å². The van der Waals surface area contributed by atoms with E-state index in [2.05, 4.69) is 5.32 Å². The third-order valence-corrected chi connectivity index (χ3v) is 2.72. The maximum atomic E-state index is 11.7. The zero-order chi connectivity index (χ0) is 12.3. The number of carbonyl (C=O) groups is 2. The number of benzene rings is 1. The Bertz CT molecular complexity index is 447. The molecule has 0 bridgehead atoms. The minimum atomic E-state index is -0.465. The maximum absolute atomic E-state index is 11.7. The van der Waals surface area contributed by atoms with Crippen LogP contribution in [0.5, 0.6) is 0 Å². The number of ether oxygens (including phenoxy) is 1. The zero-order valence-electron chi connectivity index (χ0n) is 9.73.